The highest BCUT2D eigenvalue weighted by molar-refractivity contribution is 9.13. The van der Waals surface area contributed by atoms with Crippen LogP contribution in [-0.2, 0) is 6.42 Å². The molecule has 22 heavy (non-hydrogen) atoms. The predicted molar refractivity (Wildman–Crippen MR) is 92.8 cm³/mol. The van der Waals surface area contributed by atoms with E-state index in [4.69, 9.17) is 9.47 Å². The fourth-order valence-electron chi connectivity index (χ4n) is 3.08. The Hall–Kier alpha value is -1.04. The summed E-state index contributed by atoms with van der Waals surface area (Å²) < 4.78 is 13.6. The molecule has 1 N–H and O–H groups in total. The summed E-state index contributed by atoms with van der Waals surface area (Å²) in [6.07, 6.45) is 1.01. The van der Waals surface area contributed by atoms with E-state index in [-0.39, 0.29) is 6.04 Å². The zero-order valence-corrected chi connectivity index (χ0v) is 15.0. The van der Waals surface area contributed by atoms with E-state index in [1.54, 1.807) is 0 Å². The summed E-state index contributed by atoms with van der Waals surface area (Å²) in [7, 11) is 0. The summed E-state index contributed by atoms with van der Waals surface area (Å²) in [5.74, 6) is 1.73. The Morgan fingerprint density at radius 3 is 2.50 bits per heavy atom. The van der Waals surface area contributed by atoms with Crippen LogP contribution in [0.3, 0.4) is 0 Å². The van der Waals surface area contributed by atoms with E-state index >= 15 is 0 Å². The minimum atomic E-state index is 0.184. The minimum absolute atomic E-state index is 0.184. The molecule has 0 bridgehead atoms. The minimum Gasteiger partial charge on any atom is -0.486 e. The van der Waals surface area contributed by atoms with E-state index in [1.807, 2.05) is 0 Å². The lowest BCUT2D eigenvalue weighted by Crippen LogP contribution is -2.31. The van der Waals surface area contributed by atoms with Crippen LogP contribution in [0.15, 0.2) is 39.3 Å². The van der Waals surface area contributed by atoms with Gasteiger partial charge in [0.2, 0.25) is 0 Å². The third-order valence-electron chi connectivity index (χ3n) is 4.13. The van der Waals surface area contributed by atoms with Gasteiger partial charge >= 0.3 is 0 Å². The number of fused-ring (bicyclic) bond motifs is 2. The van der Waals surface area contributed by atoms with Crippen molar-refractivity contribution in [2.45, 2.75) is 12.5 Å². The molecule has 0 amide bonds. The number of rotatable bonds is 1. The first-order chi connectivity index (χ1) is 10.7. The van der Waals surface area contributed by atoms with Gasteiger partial charge in [0.1, 0.15) is 13.2 Å². The fraction of sp³-hybridized carbons (Fsp3) is 0.294. The fourth-order valence-corrected chi connectivity index (χ4v) is 3.73. The van der Waals surface area contributed by atoms with Crippen LogP contribution < -0.4 is 14.8 Å². The highest BCUT2D eigenvalue weighted by Crippen LogP contribution is 2.39. The molecule has 2 aliphatic heterocycles. The molecule has 2 heterocycles. The molecule has 0 aromatic heterocycles. The Kier molecular flexibility index (Phi) is 3.88. The number of nitrogens with one attached hydrogen (secondary N) is 1. The maximum atomic E-state index is 5.75. The van der Waals surface area contributed by atoms with Crippen LogP contribution >= 0.6 is 31.9 Å². The second kappa shape index (κ2) is 5.87. The summed E-state index contributed by atoms with van der Waals surface area (Å²) in [6, 6.07) is 10.9. The smallest absolute Gasteiger partial charge is 0.161 e. The molecule has 4 rings (SSSR count). The molecule has 3 nitrogen and oxygen atoms in total. The number of hydrogen-bond donors (Lipinski definition) is 1. The molecule has 2 aromatic rings. The number of hydrogen-bond acceptors (Lipinski definition) is 3. The van der Waals surface area contributed by atoms with Gasteiger partial charge in [0.25, 0.3) is 0 Å². The molecule has 1 unspecified atom stereocenters. The Morgan fingerprint density at radius 2 is 1.73 bits per heavy atom. The van der Waals surface area contributed by atoms with Crippen molar-refractivity contribution in [3.8, 4) is 11.5 Å². The molecular weight excluding hydrogens is 410 g/mol. The van der Waals surface area contributed by atoms with E-state index in [0.717, 1.165) is 33.4 Å². The van der Waals surface area contributed by atoms with Gasteiger partial charge in [-0.25, -0.2) is 0 Å². The summed E-state index contributed by atoms with van der Waals surface area (Å²) >= 11 is 7.12. The van der Waals surface area contributed by atoms with Crippen LogP contribution in [0.4, 0.5) is 0 Å². The first-order valence-corrected chi connectivity index (χ1v) is 8.92. The van der Waals surface area contributed by atoms with E-state index in [2.05, 4.69) is 67.5 Å². The maximum Gasteiger partial charge on any atom is 0.161 e. The van der Waals surface area contributed by atoms with E-state index in [9.17, 15) is 0 Å². The Bertz CT molecular complexity index is 733. The first-order valence-electron chi connectivity index (χ1n) is 7.33. The van der Waals surface area contributed by atoms with Crippen molar-refractivity contribution >= 4 is 31.9 Å². The summed E-state index contributed by atoms with van der Waals surface area (Å²) in [5, 5.41) is 3.61. The van der Waals surface area contributed by atoms with Crippen LogP contribution in [0.2, 0.25) is 0 Å². The second-order valence-electron chi connectivity index (χ2n) is 5.51. The average molecular weight is 425 g/mol. The maximum absolute atomic E-state index is 5.75. The van der Waals surface area contributed by atoms with Gasteiger partial charge in [-0.3, -0.25) is 0 Å². The van der Waals surface area contributed by atoms with Gasteiger partial charge in [0, 0.05) is 15.5 Å². The van der Waals surface area contributed by atoms with Gasteiger partial charge in [0.05, 0.1) is 6.04 Å². The normalized spacial score (nSPS) is 19.6. The Labute approximate surface area is 146 Å². The number of halogens is 2. The highest BCUT2D eigenvalue weighted by Gasteiger charge is 2.25. The average Bonchev–Trinajstić information content (AvgIpc) is 2.55. The molecule has 0 saturated carbocycles. The molecule has 0 saturated heterocycles. The van der Waals surface area contributed by atoms with E-state index in [1.165, 1.54) is 16.7 Å². The molecule has 0 fully saturated rings. The van der Waals surface area contributed by atoms with Crippen molar-refractivity contribution in [2.75, 3.05) is 19.8 Å². The molecule has 5 heteroatoms. The molecule has 0 radical (unpaired) electrons. The first kappa shape index (κ1) is 14.5. The predicted octanol–water partition coefficient (Wildman–Crippen LogP) is 4.22. The number of benzene rings is 2. The largest absolute Gasteiger partial charge is 0.486 e. The monoisotopic (exact) mass is 423 g/mol. The zero-order valence-electron chi connectivity index (χ0n) is 11.9. The summed E-state index contributed by atoms with van der Waals surface area (Å²) in [5.41, 5.74) is 3.87. The van der Waals surface area contributed by atoms with Crippen LogP contribution in [0, 0.1) is 0 Å². The van der Waals surface area contributed by atoms with Gasteiger partial charge in [-0.2, -0.15) is 0 Å². The van der Waals surface area contributed by atoms with Crippen LogP contribution in [-0.4, -0.2) is 19.8 Å². The molecule has 2 aromatic carbocycles. The standard InChI is InChI=1S/C17H15Br2NO2/c18-13-2-1-11(7-14(13)19)17-12-9-16-15(21-5-6-22-16)8-10(12)3-4-20-17/h1-2,7-9,17,20H,3-6H2. The van der Waals surface area contributed by atoms with Gasteiger partial charge < -0.3 is 14.8 Å². The van der Waals surface area contributed by atoms with Gasteiger partial charge in [0.15, 0.2) is 11.5 Å². The molecule has 114 valence electrons. The molecule has 1 atom stereocenters. The van der Waals surface area contributed by atoms with Crippen molar-refractivity contribution in [1.82, 2.24) is 5.32 Å². The van der Waals surface area contributed by atoms with Crippen molar-refractivity contribution in [3.63, 3.8) is 0 Å². The van der Waals surface area contributed by atoms with E-state index < -0.39 is 0 Å². The van der Waals surface area contributed by atoms with Crippen molar-refractivity contribution in [1.29, 1.82) is 0 Å². The Balaban J connectivity index is 1.79. The lowest BCUT2D eigenvalue weighted by Gasteiger charge is -2.30. The molecule has 0 aliphatic carbocycles. The zero-order chi connectivity index (χ0) is 15.1. The number of ether oxygens (including phenoxy) is 2. The lowest BCUT2D eigenvalue weighted by atomic mass is 9.89. The summed E-state index contributed by atoms with van der Waals surface area (Å²) in [4.78, 5) is 0. The van der Waals surface area contributed by atoms with Gasteiger partial charge in [-0.05, 0) is 79.2 Å². The van der Waals surface area contributed by atoms with E-state index in [0.29, 0.717) is 13.2 Å². The second-order valence-corrected chi connectivity index (χ2v) is 7.21. The molecule has 0 spiro atoms. The third-order valence-corrected chi connectivity index (χ3v) is 6.01. The Morgan fingerprint density at radius 1 is 0.955 bits per heavy atom. The van der Waals surface area contributed by atoms with Crippen LogP contribution in [0.5, 0.6) is 11.5 Å². The third kappa shape index (κ3) is 2.55. The SMILES string of the molecule is Brc1ccc(C2NCCc3cc4c(cc32)OCCO4)cc1Br. The van der Waals surface area contributed by atoms with Gasteiger partial charge in [-0.1, -0.05) is 6.07 Å². The van der Waals surface area contributed by atoms with Crippen molar-refractivity contribution < 1.29 is 9.47 Å². The van der Waals surface area contributed by atoms with Crippen LogP contribution in [0.25, 0.3) is 0 Å². The van der Waals surface area contributed by atoms with Crippen LogP contribution in [0.1, 0.15) is 22.7 Å². The van der Waals surface area contributed by atoms with Gasteiger partial charge in [-0.15, -0.1) is 0 Å². The summed E-state index contributed by atoms with van der Waals surface area (Å²) in [6.45, 7) is 2.21. The topological polar surface area (TPSA) is 30.5 Å². The highest BCUT2D eigenvalue weighted by atomic mass is 79.9. The lowest BCUT2D eigenvalue weighted by molar-refractivity contribution is 0.171. The van der Waals surface area contributed by atoms with Crippen molar-refractivity contribution in [3.05, 3.63) is 56.0 Å². The van der Waals surface area contributed by atoms with Crippen molar-refractivity contribution in [2.24, 2.45) is 0 Å². The quantitative estimate of drug-likeness (QED) is 0.743. The molecule has 2 aliphatic rings. The molecular formula is C17H15Br2NO2.